The van der Waals surface area contributed by atoms with Crippen LogP contribution in [0.2, 0.25) is 0 Å². The molecule has 0 spiro atoms. The lowest BCUT2D eigenvalue weighted by Crippen LogP contribution is -2.10. The van der Waals surface area contributed by atoms with Gasteiger partial charge in [0.2, 0.25) is 0 Å². The van der Waals surface area contributed by atoms with Crippen molar-refractivity contribution in [3.63, 3.8) is 0 Å². The van der Waals surface area contributed by atoms with Crippen molar-refractivity contribution in [3.05, 3.63) is 36.2 Å². The number of nitrogens with zero attached hydrogens (tertiary/aromatic N) is 4. The fourth-order valence-corrected chi connectivity index (χ4v) is 2.53. The molecule has 3 rings (SSSR count). The number of ether oxygens (including phenoxy) is 1. The van der Waals surface area contributed by atoms with Gasteiger partial charge < -0.3 is 14.6 Å². The van der Waals surface area contributed by atoms with Gasteiger partial charge in [-0.2, -0.15) is 0 Å². The number of fused-ring (bicyclic) bond motifs is 1. The van der Waals surface area contributed by atoms with Crippen LogP contribution in [0.3, 0.4) is 0 Å². The topological polar surface area (TPSA) is 81.9 Å². The molecule has 7 heteroatoms. The van der Waals surface area contributed by atoms with Gasteiger partial charge >= 0.3 is 0 Å². The van der Waals surface area contributed by atoms with Crippen LogP contribution in [-0.4, -0.2) is 46.1 Å². The van der Waals surface area contributed by atoms with Crippen LogP contribution in [0.5, 0.6) is 0 Å². The van der Waals surface area contributed by atoms with Crippen molar-refractivity contribution in [3.8, 4) is 11.4 Å². The van der Waals surface area contributed by atoms with Gasteiger partial charge in [0, 0.05) is 30.8 Å². The largest absolute Gasteiger partial charge is 0.383 e. The summed E-state index contributed by atoms with van der Waals surface area (Å²) in [6.07, 6.45) is 2.60. The normalized spacial score (nSPS) is 11.2. The molecule has 0 unspecified atom stereocenters. The van der Waals surface area contributed by atoms with E-state index in [4.69, 9.17) is 9.72 Å². The third-order valence-corrected chi connectivity index (χ3v) is 3.88. The number of benzene rings is 1. The van der Waals surface area contributed by atoms with E-state index in [1.165, 1.54) is 0 Å². The number of aldehydes is 1. The molecule has 1 N–H and O–H groups in total. The first kappa shape index (κ1) is 17.0. The lowest BCUT2D eigenvalue weighted by Gasteiger charge is -2.11. The quantitative estimate of drug-likeness (QED) is 0.526. The van der Waals surface area contributed by atoms with Gasteiger partial charge in [-0.15, -0.1) is 0 Å². The molecule has 0 bridgehead atoms. The highest BCUT2D eigenvalue weighted by molar-refractivity contribution is 5.85. The number of aromatic nitrogens is 4. The van der Waals surface area contributed by atoms with Gasteiger partial charge in [-0.3, -0.25) is 4.79 Å². The van der Waals surface area contributed by atoms with Gasteiger partial charge in [-0.25, -0.2) is 15.0 Å². The second kappa shape index (κ2) is 7.40. The summed E-state index contributed by atoms with van der Waals surface area (Å²) in [4.78, 5) is 24.6. The molecule has 0 aliphatic carbocycles. The van der Waals surface area contributed by atoms with Gasteiger partial charge in [0.05, 0.1) is 12.9 Å². The smallest absolute Gasteiger partial charge is 0.166 e. The van der Waals surface area contributed by atoms with Crippen molar-refractivity contribution in [2.75, 3.05) is 25.6 Å². The molecular weight excluding hydrogens is 318 g/mol. The molecule has 25 heavy (non-hydrogen) atoms. The molecule has 0 amide bonds. The predicted molar refractivity (Wildman–Crippen MR) is 96.9 cm³/mol. The van der Waals surface area contributed by atoms with E-state index in [1.54, 1.807) is 25.6 Å². The van der Waals surface area contributed by atoms with E-state index < -0.39 is 0 Å². The van der Waals surface area contributed by atoms with Crippen LogP contribution in [0, 0.1) is 0 Å². The summed E-state index contributed by atoms with van der Waals surface area (Å²) in [5, 5.41) is 3.27. The lowest BCUT2D eigenvalue weighted by atomic mass is 10.1. The van der Waals surface area contributed by atoms with Gasteiger partial charge in [0.25, 0.3) is 0 Å². The lowest BCUT2D eigenvalue weighted by molar-refractivity contribution is 0.112. The van der Waals surface area contributed by atoms with Crippen LogP contribution in [0.1, 0.15) is 30.2 Å². The molecule has 1 aromatic carbocycles. The maximum atomic E-state index is 10.9. The zero-order valence-corrected chi connectivity index (χ0v) is 14.6. The van der Waals surface area contributed by atoms with Crippen molar-refractivity contribution in [2.45, 2.75) is 19.9 Å². The maximum Gasteiger partial charge on any atom is 0.166 e. The first-order valence-electron chi connectivity index (χ1n) is 8.17. The van der Waals surface area contributed by atoms with E-state index in [1.807, 2.05) is 16.7 Å². The van der Waals surface area contributed by atoms with Gasteiger partial charge in [0.15, 0.2) is 17.3 Å². The zero-order valence-electron chi connectivity index (χ0n) is 14.6. The molecular formula is C18H21N5O2. The Balaban J connectivity index is 2.10. The monoisotopic (exact) mass is 339 g/mol. The van der Waals surface area contributed by atoms with Crippen LogP contribution < -0.4 is 5.32 Å². The van der Waals surface area contributed by atoms with E-state index in [9.17, 15) is 4.79 Å². The van der Waals surface area contributed by atoms with Gasteiger partial charge in [0.1, 0.15) is 11.8 Å². The second-order valence-corrected chi connectivity index (χ2v) is 5.97. The van der Waals surface area contributed by atoms with E-state index in [0.29, 0.717) is 30.4 Å². The zero-order chi connectivity index (χ0) is 17.8. The first-order valence-corrected chi connectivity index (χ1v) is 8.17. The van der Waals surface area contributed by atoms with Crippen molar-refractivity contribution >= 4 is 23.3 Å². The van der Waals surface area contributed by atoms with Gasteiger partial charge in [-0.1, -0.05) is 24.3 Å². The molecule has 0 aliphatic heterocycles. The Kier molecular flexibility index (Phi) is 5.04. The summed E-state index contributed by atoms with van der Waals surface area (Å²) in [5.41, 5.74) is 2.98. The number of methoxy groups -OCH3 is 1. The van der Waals surface area contributed by atoms with E-state index in [0.717, 1.165) is 23.0 Å². The van der Waals surface area contributed by atoms with Crippen molar-refractivity contribution in [1.29, 1.82) is 0 Å². The third-order valence-electron chi connectivity index (χ3n) is 3.88. The summed E-state index contributed by atoms with van der Waals surface area (Å²) in [7, 11) is 1.66. The van der Waals surface area contributed by atoms with Crippen molar-refractivity contribution in [1.82, 2.24) is 19.5 Å². The van der Waals surface area contributed by atoms with Crippen molar-refractivity contribution in [2.24, 2.45) is 0 Å². The fourth-order valence-electron chi connectivity index (χ4n) is 2.53. The molecule has 7 nitrogen and oxygen atoms in total. The Morgan fingerprint density at radius 2 is 2.00 bits per heavy atom. The van der Waals surface area contributed by atoms with E-state index in [2.05, 4.69) is 29.1 Å². The highest BCUT2D eigenvalue weighted by Crippen LogP contribution is 2.25. The Morgan fingerprint density at radius 3 is 2.64 bits per heavy atom. The molecule has 0 atom stereocenters. The molecule has 3 aromatic rings. The van der Waals surface area contributed by atoms with Gasteiger partial charge in [-0.05, 0) is 13.8 Å². The Labute approximate surface area is 146 Å². The molecule has 2 aromatic heterocycles. The number of hydrogen-bond acceptors (Lipinski definition) is 6. The highest BCUT2D eigenvalue weighted by atomic mass is 16.5. The number of rotatable bonds is 7. The second-order valence-electron chi connectivity index (χ2n) is 5.97. The predicted octanol–water partition coefficient (Wildman–Crippen LogP) is 2.95. The number of carbonyl (C=O) groups excluding carboxylic acids is 1. The summed E-state index contributed by atoms with van der Waals surface area (Å²) >= 11 is 0. The van der Waals surface area contributed by atoms with Crippen LogP contribution >= 0.6 is 0 Å². The fraction of sp³-hybridized carbons (Fsp3) is 0.333. The Bertz CT molecular complexity index is 871. The summed E-state index contributed by atoms with van der Waals surface area (Å²) in [5.74, 6) is 1.27. The Hall–Kier alpha value is -2.80. The number of nitrogens with one attached hydrogen (secondary N) is 1. The Morgan fingerprint density at radius 1 is 1.24 bits per heavy atom. The first-order chi connectivity index (χ1) is 12.1. The molecule has 2 heterocycles. The summed E-state index contributed by atoms with van der Waals surface area (Å²) < 4.78 is 7.11. The van der Waals surface area contributed by atoms with E-state index in [-0.39, 0.29) is 6.04 Å². The van der Waals surface area contributed by atoms with E-state index >= 15 is 0 Å². The minimum Gasteiger partial charge on any atom is -0.383 e. The maximum absolute atomic E-state index is 10.9. The summed E-state index contributed by atoms with van der Waals surface area (Å²) in [6, 6.07) is 7.44. The summed E-state index contributed by atoms with van der Waals surface area (Å²) in [6.45, 7) is 5.36. The minimum atomic E-state index is 0.233. The number of imidazole rings is 1. The molecule has 0 fully saturated rings. The minimum absolute atomic E-state index is 0.233. The average Bonchev–Trinajstić information content (AvgIpc) is 3.06. The van der Waals surface area contributed by atoms with Crippen LogP contribution in [0.15, 0.2) is 30.6 Å². The highest BCUT2D eigenvalue weighted by Gasteiger charge is 2.15. The van der Waals surface area contributed by atoms with Crippen LogP contribution in [-0.2, 0) is 4.74 Å². The third kappa shape index (κ3) is 3.51. The average molecular weight is 339 g/mol. The number of carbonyl (C=O) groups is 1. The molecule has 130 valence electrons. The van der Waals surface area contributed by atoms with Crippen molar-refractivity contribution < 1.29 is 9.53 Å². The molecule has 0 saturated carbocycles. The van der Waals surface area contributed by atoms with Crippen LogP contribution in [0.25, 0.3) is 22.6 Å². The molecule has 0 aliphatic rings. The SMILES string of the molecule is COCCNc1nc(-c2ccc(C=O)cc2)nc2c1ncn2C(C)C. The number of anilines is 1. The molecule has 0 radical (unpaired) electrons. The standard InChI is InChI=1S/C18H21N5O2/c1-12(2)23-11-20-15-17(19-8-9-25-3)21-16(22-18(15)23)14-6-4-13(10-24)5-7-14/h4-7,10-12H,8-9H2,1-3H3,(H,19,21,22). The number of hydrogen-bond donors (Lipinski definition) is 1. The van der Waals surface area contributed by atoms with Crippen LogP contribution in [0.4, 0.5) is 5.82 Å². The molecule has 0 saturated heterocycles.